The van der Waals surface area contributed by atoms with E-state index in [1.165, 1.54) is 10.9 Å². The molecule has 0 radical (unpaired) electrons. The molecule has 0 aliphatic heterocycles. The first kappa shape index (κ1) is 10.7. The molecule has 17 heavy (non-hydrogen) atoms. The molecule has 1 amide bonds. The number of nitrogens with one attached hydrogen (secondary N) is 2. The number of hydrogen-bond acceptors (Lipinski definition) is 1. The number of halogens is 1. The molecule has 1 atom stereocenters. The number of carboxylic acid groups (broad SMARTS) is 1. The van der Waals surface area contributed by atoms with Gasteiger partial charge in [0, 0.05) is 33.5 Å². The van der Waals surface area contributed by atoms with Crippen molar-refractivity contribution in [1.29, 1.82) is 0 Å². The van der Waals surface area contributed by atoms with Crippen LogP contribution in [0.5, 0.6) is 0 Å². The van der Waals surface area contributed by atoms with Gasteiger partial charge in [0.25, 0.3) is 0 Å². The first-order valence-electron chi connectivity index (χ1n) is 5.42. The van der Waals surface area contributed by atoms with Crippen molar-refractivity contribution in [1.82, 2.24) is 10.3 Å². The average molecular weight is 295 g/mol. The van der Waals surface area contributed by atoms with Crippen LogP contribution in [0.2, 0.25) is 0 Å². The summed E-state index contributed by atoms with van der Waals surface area (Å²) in [6.45, 7) is 0. The van der Waals surface area contributed by atoms with E-state index in [2.05, 4.69) is 32.3 Å². The molecule has 88 valence electrons. The Morgan fingerprint density at radius 3 is 3.06 bits per heavy atom. The first-order valence-corrected chi connectivity index (χ1v) is 6.21. The number of aromatic amines is 1. The highest BCUT2D eigenvalue weighted by Crippen LogP contribution is 2.31. The lowest BCUT2D eigenvalue weighted by Crippen LogP contribution is -2.34. The van der Waals surface area contributed by atoms with Gasteiger partial charge in [0.2, 0.25) is 0 Å². The lowest BCUT2D eigenvalue weighted by atomic mass is 10.1. The van der Waals surface area contributed by atoms with Gasteiger partial charge >= 0.3 is 6.09 Å². The minimum absolute atomic E-state index is 0.00266. The molecule has 2 aromatic rings. The quantitative estimate of drug-likeness (QED) is 0.757. The molecule has 3 N–H and O–H groups in total. The molecule has 0 saturated heterocycles. The SMILES string of the molecule is O=C(O)NC1Cc2[nH]c3ccc(Br)cc3c2C1. The van der Waals surface area contributed by atoms with Crippen LogP contribution in [0, 0.1) is 0 Å². The van der Waals surface area contributed by atoms with E-state index >= 15 is 0 Å². The molecule has 0 fully saturated rings. The minimum Gasteiger partial charge on any atom is -0.465 e. The summed E-state index contributed by atoms with van der Waals surface area (Å²) < 4.78 is 1.04. The molecule has 1 aliphatic carbocycles. The summed E-state index contributed by atoms with van der Waals surface area (Å²) in [5.41, 5.74) is 3.50. The summed E-state index contributed by atoms with van der Waals surface area (Å²) in [4.78, 5) is 14.0. The molecule has 1 heterocycles. The van der Waals surface area contributed by atoms with Crippen LogP contribution in [0.3, 0.4) is 0 Å². The van der Waals surface area contributed by atoms with Gasteiger partial charge in [-0.25, -0.2) is 4.79 Å². The van der Waals surface area contributed by atoms with E-state index in [1.54, 1.807) is 0 Å². The van der Waals surface area contributed by atoms with Gasteiger partial charge in [-0.05, 0) is 30.2 Å². The fraction of sp³-hybridized carbons (Fsp3) is 0.250. The topological polar surface area (TPSA) is 65.1 Å². The van der Waals surface area contributed by atoms with Crippen LogP contribution >= 0.6 is 15.9 Å². The number of fused-ring (bicyclic) bond motifs is 3. The van der Waals surface area contributed by atoms with Crippen molar-refractivity contribution >= 4 is 32.9 Å². The van der Waals surface area contributed by atoms with Crippen LogP contribution in [-0.4, -0.2) is 22.2 Å². The zero-order valence-corrected chi connectivity index (χ0v) is 10.5. The molecular weight excluding hydrogens is 284 g/mol. The van der Waals surface area contributed by atoms with Crippen molar-refractivity contribution in [3.8, 4) is 0 Å². The third-order valence-corrected chi connectivity index (χ3v) is 3.68. The third-order valence-electron chi connectivity index (χ3n) is 3.19. The zero-order chi connectivity index (χ0) is 12.0. The number of benzene rings is 1. The van der Waals surface area contributed by atoms with E-state index in [4.69, 9.17) is 5.11 Å². The molecule has 0 saturated carbocycles. The van der Waals surface area contributed by atoms with E-state index in [9.17, 15) is 4.79 Å². The number of amides is 1. The van der Waals surface area contributed by atoms with E-state index in [1.807, 2.05) is 12.1 Å². The molecule has 1 aromatic carbocycles. The van der Waals surface area contributed by atoms with Crippen LogP contribution in [0.15, 0.2) is 22.7 Å². The number of rotatable bonds is 1. The predicted molar refractivity (Wildman–Crippen MR) is 68.4 cm³/mol. The van der Waals surface area contributed by atoms with Gasteiger partial charge in [0.05, 0.1) is 0 Å². The van der Waals surface area contributed by atoms with Crippen molar-refractivity contribution in [2.45, 2.75) is 18.9 Å². The third kappa shape index (κ3) is 1.80. The number of carbonyl (C=O) groups is 1. The van der Waals surface area contributed by atoms with Gasteiger partial charge in [-0.2, -0.15) is 0 Å². The van der Waals surface area contributed by atoms with Crippen molar-refractivity contribution in [2.24, 2.45) is 0 Å². The average Bonchev–Trinajstić information content (AvgIpc) is 2.74. The van der Waals surface area contributed by atoms with Gasteiger partial charge in [0.1, 0.15) is 0 Å². The summed E-state index contributed by atoms with van der Waals surface area (Å²) in [6, 6.07) is 6.11. The van der Waals surface area contributed by atoms with Crippen LogP contribution in [0.1, 0.15) is 11.3 Å². The molecule has 0 bridgehead atoms. The Hall–Kier alpha value is -1.49. The Morgan fingerprint density at radius 2 is 2.29 bits per heavy atom. The maximum absolute atomic E-state index is 10.6. The second-order valence-corrected chi connectivity index (χ2v) is 5.24. The fourth-order valence-corrected chi connectivity index (χ4v) is 2.89. The Balaban J connectivity index is 1.98. The van der Waals surface area contributed by atoms with Crippen molar-refractivity contribution in [2.75, 3.05) is 0 Å². The fourth-order valence-electron chi connectivity index (χ4n) is 2.52. The Kier molecular flexibility index (Phi) is 2.36. The van der Waals surface area contributed by atoms with E-state index in [0.717, 1.165) is 28.5 Å². The zero-order valence-electron chi connectivity index (χ0n) is 8.96. The Labute approximate surface area is 106 Å². The number of hydrogen-bond donors (Lipinski definition) is 3. The van der Waals surface area contributed by atoms with Gasteiger partial charge < -0.3 is 15.4 Å². The largest absolute Gasteiger partial charge is 0.465 e. The van der Waals surface area contributed by atoms with E-state index in [0.29, 0.717) is 0 Å². The Bertz CT molecular complexity index is 606. The van der Waals surface area contributed by atoms with Crippen LogP contribution < -0.4 is 5.32 Å². The highest BCUT2D eigenvalue weighted by Gasteiger charge is 2.26. The number of H-pyrrole nitrogens is 1. The normalized spacial score (nSPS) is 18.3. The standard InChI is InChI=1S/C12H11BrN2O2/c13-6-1-2-10-8(3-6)9-4-7(14-12(16)17)5-11(9)15-10/h1-3,7,14-15H,4-5H2,(H,16,17). The summed E-state index contributed by atoms with van der Waals surface area (Å²) in [5, 5.41) is 12.4. The maximum Gasteiger partial charge on any atom is 0.404 e. The highest BCUT2D eigenvalue weighted by atomic mass is 79.9. The van der Waals surface area contributed by atoms with Crippen molar-refractivity contribution in [3.05, 3.63) is 33.9 Å². The van der Waals surface area contributed by atoms with Crippen molar-refractivity contribution < 1.29 is 9.90 Å². The highest BCUT2D eigenvalue weighted by molar-refractivity contribution is 9.10. The molecule has 1 aliphatic rings. The molecular formula is C12H11BrN2O2. The summed E-state index contributed by atoms with van der Waals surface area (Å²) in [7, 11) is 0. The molecule has 4 nitrogen and oxygen atoms in total. The van der Waals surface area contributed by atoms with Gasteiger partial charge in [0.15, 0.2) is 0 Å². The van der Waals surface area contributed by atoms with Gasteiger partial charge in [-0.3, -0.25) is 0 Å². The molecule has 1 unspecified atom stereocenters. The molecule has 1 aromatic heterocycles. The second-order valence-electron chi connectivity index (χ2n) is 4.33. The second kappa shape index (κ2) is 3.77. The Morgan fingerprint density at radius 1 is 1.47 bits per heavy atom. The van der Waals surface area contributed by atoms with Gasteiger partial charge in [-0.15, -0.1) is 0 Å². The number of aromatic nitrogens is 1. The molecule has 3 rings (SSSR count). The summed E-state index contributed by atoms with van der Waals surface area (Å²) in [5.74, 6) is 0. The maximum atomic E-state index is 10.6. The van der Waals surface area contributed by atoms with E-state index in [-0.39, 0.29) is 6.04 Å². The summed E-state index contributed by atoms with van der Waals surface area (Å²) >= 11 is 3.46. The van der Waals surface area contributed by atoms with Crippen LogP contribution in [0.4, 0.5) is 4.79 Å². The summed E-state index contributed by atoms with van der Waals surface area (Å²) in [6.07, 6.45) is 0.553. The van der Waals surface area contributed by atoms with Crippen LogP contribution in [-0.2, 0) is 12.8 Å². The van der Waals surface area contributed by atoms with E-state index < -0.39 is 6.09 Å². The predicted octanol–water partition coefficient (Wildman–Crippen LogP) is 2.67. The molecule has 5 heteroatoms. The van der Waals surface area contributed by atoms with Crippen LogP contribution in [0.25, 0.3) is 10.9 Å². The monoisotopic (exact) mass is 294 g/mol. The van der Waals surface area contributed by atoms with Crippen molar-refractivity contribution in [3.63, 3.8) is 0 Å². The lowest BCUT2D eigenvalue weighted by molar-refractivity contribution is 0.190. The first-order chi connectivity index (χ1) is 8.13. The van der Waals surface area contributed by atoms with Gasteiger partial charge in [-0.1, -0.05) is 15.9 Å². The molecule has 0 spiro atoms. The lowest BCUT2D eigenvalue weighted by Gasteiger charge is -2.08. The smallest absolute Gasteiger partial charge is 0.404 e. The minimum atomic E-state index is -0.953.